The van der Waals surface area contributed by atoms with Gasteiger partial charge in [0.25, 0.3) is 0 Å². The first-order valence-electron chi connectivity index (χ1n) is 26.9. The summed E-state index contributed by atoms with van der Waals surface area (Å²) in [7, 11) is 0. The van der Waals surface area contributed by atoms with Crippen molar-refractivity contribution in [2.45, 2.75) is 13.3 Å². The molecule has 13 aromatic carbocycles. The fraction of sp³-hybridized carbons (Fsp3) is 0.0411. The summed E-state index contributed by atoms with van der Waals surface area (Å²) in [6.07, 6.45) is 5.74. The Balaban J connectivity index is 0.884. The van der Waals surface area contributed by atoms with Gasteiger partial charge in [0.1, 0.15) is 11.2 Å². The van der Waals surface area contributed by atoms with E-state index in [0.717, 1.165) is 84.4 Å². The van der Waals surface area contributed by atoms with Crippen molar-refractivity contribution in [2.24, 2.45) is 5.92 Å². The number of nitrogens with zero attached hydrogens (tertiary/aromatic N) is 2. The van der Waals surface area contributed by atoms with Crippen LogP contribution >= 0.6 is 11.3 Å². The van der Waals surface area contributed by atoms with Gasteiger partial charge in [-0.25, -0.2) is 0 Å². The van der Waals surface area contributed by atoms with Crippen LogP contribution in [-0.4, -0.2) is 0 Å². The molecule has 0 saturated heterocycles. The standard InChI is InChI=1S/C73H46N2O2S/c1-43-24-35-53-47(38-43)28-27-46-30-32-49(40-63(46)53)75(66-21-11-19-59-56-16-7-9-23-68(56)77-72(59)66)51-34-37-61-69(42-51)78-73-60-36-33-50(41-64(60)54-14-4-5-17-57(54)70(61)73)74(65-20-10-18-58-55-15-6-8-22-67(55)76-71(58)65)48-31-29-45-26-25-44-12-2-3-13-52(44)62(45)39-48/h2-37,39-43H,38H2,1H3. The van der Waals surface area contributed by atoms with Crippen molar-refractivity contribution >= 4 is 169 Å². The largest absolute Gasteiger partial charge is 0.454 e. The topological polar surface area (TPSA) is 32.8 Å². The van der Waals surface area contributed by atoms with E-state index in [0.29, 0.717) is 5.92 Å². The Morgan fingerprint density at radius 3 is 1.58 bits per heavy atom. The second-order valence-electron chi connectivity index (χ2n) is 21.2. The number of hydrogen-bond acceptors (Lipinski definition) is 5. The van der Waals surface area contributed by atoms with Crippen LogP contribution in [0.2, 0.25) is 0 Å². The van der Waals surface area contributed by atoms with Gasteiger partial charge in [0, 0.05) is 69.9 Å². The smallest absolute Gasteiger partial charge is 0.159 e. The Bertz CT molecular complexity index is 5250. The molecule has 4 nitrogen and oxygen atoms in total. The molecule has 16 aromatic rings. The Morgan fingerprint density at radius 2 is 0.885 bits per heavy atom. The minimum atomic E-state index is 0.514. The van der Waals surface area contributed by atoms with Crippen LogP contribution in [0.5, 0.6) is 0 Å². The third-order valence-electron chi connectivity index (χ3n) is 16.7. The summed E-state index contributed by atoms with van der Waals surface area (Å²) in [6, 6.07) is 84.6. The van der Waals surface area contributed by atoms with E-state index in [9.17, 15) is 0 Å². The van der Waals surface area contributed by atoms with Crippen LogP contribution in [0.4, 0.5) is 34.1 Å². The molecule has 0 amide bonds. The van der Waals surface area contributed by atoms with Crippen LogP contribution in [0.25, 0.3) is 124 Å². The predicted octanol–water partition coefficient (Wildman–Crippen LogP) is 21.8. The predicted molar refractivity (Wildman–Crippen MR) is 333 cm³/mol. The molecular weight excluding hydrogens is 969 g/mol. The number of para-hydroxylation sites is 4. The molecule has 0 saturated carbocycles. The molecule has 0 bridgehead atoms. The number of allylic oxidation sites excluding steroid dienone is 1. The molecule has 1 aliphatic rings. The molecule has 1 atom stereocenters. The minimum Gasteiger partial charge on any atom is -0.454 e. The van der Waals surface area contributed by atoms with Gasteiger partial charge in [0.2, 0.25) is 0 Å². The molecule has 0 spiro atoms. The van der Waals surface area contributed by atoms with Crippen molar-refractivity contribution in [3.8, 4) is 0 Å². The van der Waals surface area contributed by atoms with E-state index in [1.807, 2.05) is 17.4 Å². The summed E-state index contributed by atoms with van der Waals surface area (Å²) in [4.78, 5) is 4.82. The molecule has 17 rings (SSSR count). The lowest BCUT2D eigenvalue weighted by atomic mass is 9.87. The summed E-state index contributed by atoms with van der Waals surface area (Å²) in [5, 5.41) is 19.2. The van der Waals surface area contributed by atoms with Crippen molar-refractivity contribution in [3.63, 3.8) is 0 Å². The molecule has 0 fully saturated rings. The normalized spacial score (nSPS) is 13.7. The molecular formula is C73H46N2O2S. The summed E-state index contributed by atoms with van der Waals surface area (Å²) in [5.41, 5.74) is 12.5. The minimum absolute atomic E-state index is 0.514. The van der Waals surface area contributed by atoms with Gasteiger partial charge in [-0.2, -0.15) is 0 Å². The van der Waals surface area contributed by atoms with E-state index in [4.69, 9.17) is 8.83 Å². The summed E-state index contributed by atoms with van der Waals surface area (Å²) >= 11 is 1.88. The van der Waals surface area contributed by atoms with E-state index in [1.165, 1.54) is 85.2 Å². The second kappa shape index (κ2) is 16.7. The number of furan rings is 2. The molecule has 0 radical (unpaired) electrons. The average molecular weight is 1020 g/mol. The van der Waals surface area contributed by atoms with E-state index < -0.39 is 0 Å². The number of fused-ring (bicyclic) bond motifs is 20. The van der Waals surface area contributed by atoms with Crippen LogP contribution < -0.4 is 9.80 Å². The molecule has 3 aromatic heterocycles. The van der Waals surface area contributed by atoms with Crippen LogP contribution in [0.3, 0.4) is 0 Å². The van der Waals surface area contributed by atoms with E-state index >= 15 is 0 Å². The zero-order valence-corrected chi connectivity index (χ0v) is 43.3. The van der Waals surface area contributed by atoms with Gasteiger partial charge in [0.15, 0.2) is 11.2 Å². The second-order valence-corrected chi connectivity index (χ2v) is 22.3. The maximum Gasteiger partial charge on any atom is 0.159 e. The first-order chi connectivity index (χ1) is 38.6. The molecule has 3 heterocycles. The van der Waals surface area contributed by atoms with Gasteiger partial charge < -0.3 is 18.6 Å². The Kier molecular flexibility index (Phi) is 9.30. The Morgan fingerprint density at radius 1 is 0.385 bits per heavy atom. The van der Waals surface area contributed by atoms with Gasteiger partial charge in [0.05, 0.1) is 11.4 Å². The van der Waals surface area contributed by atoms with Crippen molar-refractivity contribution in [3.05, 3.63) is 248 Å². The zero-order chi connectivity index (χ0) is 51.2. The molecule has 0 aliphatic heterocycles. The molecule has 366 valence electrons. The third-order valence-corrected chi connectivity index (χ3v) is 17.9. The molecule has 78 heavy (non-hydrogen) atoms. The van der Waals surface area contributed by atoms with Crippen LogP contribution in [0.1, 0.15) is 18.1 Å². The highest BCUT2D eigenvalue weighted by atomic mass is 32.1. The number of thiophene rings is 1. The maximum atomic E-state index is 6.83. The van der Waals surface area contributed by atoms with Gasteiger partial charge in [-0.1, -0.05) is 177 Å². The monoisotopic (exact) mass is 1010 g/mol. The lowest BCUT2D eigenvalue weighted by Crippen LogP contribution is -2.10. The average Bonchev–Trinajstić information content (AvgIpc) is 4.34. The highest BCUT2D eigenvalue weighted by Crippen LogP contribution is 2.51. The van der Waals surface area contributed by atoms with Gasteiger partial charge in [-0.3, -0.25) is 0 Å². The Labute approximate surface area is 452 Å². The van der Waals surface area contributed by atoms with Gasteiger partial charge in [-0.05, 0) is 145 Å². The van der Waals surface area contributed by atoms with E-state index in [2.05, 4.69) is 253 Å². The molecule has 0 N–H and O–H groups in total. The lowest BCUT2D eigenvalue weighted by molar-refractivity contribution is 0.668. The van der Waals surface area contributed by atoms with Crippen molar-refractivity contribution in [1.82, 2.24) is 0 Å². The van der Waals surface area contributed by atoms with Gasteiger partial charge >= 0.3 is 0 Å². The third kappa shape index (κ3) is 6.46. The quantitative estimate of drug-likeness (QED) is 0.155. The highest BCUT2D eigenvalue weighted by Gasteiger charge is 2.25. The summed E-state index contributed by atoms with van der Waals surface area (Å²) in [6.45, 7) is 2.30. The Hall–Kier alpha value is -9.68. The number of anilines is 6. The van der Waals surface area contributed by atoms with Crippen molar-refractivity contribution in [1.29, 1.82) is 0 Å². The van der Waals surface area contributed by atoms with Crippen LogP contribution in [0, 0.1) is 5.92 Å². The summed E-state index contributed by atoms with van der Waals surface area (Å²) in [5.74, 6) is 0.514. The molecule has 1 aliphatic carbocycles. The van der Waals surface area contributed by atoms with Gasteiger partial charge in [-0.15, -0.1) is 11.3 Å². The molecule has 5 heteroatoms. The number of rotatable bonds is 6. The first kappa shape index (κ1) is 43.5. The fourth-order valence-corrected chi connectivity index (χ4v) is 14.4. The highest BCUT2D eigenvalue weighted by molar-refractivity contribution is 7.27. The SMILES string of the molecule is CC1C=Cc2c(ccc3ccc(N(c4ccc5c(c4)sc4c6ccc(N(c7ccc8ccc9ccccc9c8c7)c7cccc8c7oc7ccccc78)cc6c6ccccc6c54)c4cccc5c4oc4ccccc45)cc23)C1. The molecule has 1 unspecified atom stereocenters. The van der Waals surface area contributed by atoms with E-state index in [-0.39, 0.29) is 0 Å². The fourth-order valence-electron chi connectivity index (χ4n) is 13.1. The zero-order valence-electron chi connectivity index (χ0n) is 42.5. The maximum absolute atomic E-state index is 6.83. The number of hydrogen-bond donors (Lipinski definition) is 0. The van der Waals surface area contributed by atoms with E-state index in [1.54, 1.807) is 0 Å². The van der Waals surface area contributed by atoms with Crippen LogP contribution in [0.15, 0.2) is 245 Å². The number of benzene rings is 13. The van der Waals surface area contributed by atoms with Crippen molar-refractivity contribution < 1.29 is 8.83 Å². The summed E-state index contributed by atoms with van der Waals surface area (Å²) < 4.78 is 16.1. The lowest BCUT2D eigenvalue weighted by Gasteiger charge is -2.27. The van der Waals surface area contributed by atoms with Crippen LogP contribution in [-0.2, 0) is 6.42 Å². The van der Waals surface area contributed by atoms with Crippen molar-refractivity contribution in [2.75, 3.05) is 9.80 Å². The first-order valence-corrected chi connectivity index (χ1v) is 27.7.